The van der Waals surface area contributed by atoms with Crippen LogP contribution in [0.3, 0.4) is 0 Å². The van der Waals surface area contributed by atoms with Crippen LogP contribution in [0.4, 0.5) is 5.69 Å². The van der Waals surface area contributed by atoms with Gasteiger partial charge in [0.15, 0.2) is 0 Å². The highest BCUT2D eigenvalue weighted by atomic mass is 16.6. The summed E-state index contributed by atoms with van der Waals surface area (Å²) in [6, 6.07) is 4.03. The first-order valence-corrected chi connectivity index (χ1v) is 5.88. The van der Waals surface area contributed by atoms with Crippen LogP contribution in [0.2, 0.25) is 0 Å². The first kappa shape index (κ1) is 14.4. The standard InChI is InChI=1S/C11H10N4O6/c16-10(6-2-1-3-7(4-6)14(18)19)12-13-11(17)8-5-9(8)15(20)21/h1-4,8-9H,5H2,(H,12,16)(H,13,17). The number of carbonyl (C=O) groups is 2. The SMILES string of the molecule is O=C(NNC(=O)C1CC1[N+](=O)[O-])c1cccc([N+](=O)[O-])c1. The Kier molecular flexibility index (Phi) is 3.78. The topological polar surface area (TPSA) is 144 Å². The molecule has 1 aliphatic rings. The van der Waals surface area contributed by atoms with Gasteiger partial charge in [-0.1, -0.05) is 6.07 Å². The fraction of sp³-hybridized carbons (Fsp3) is 0.273. The van der Waals surface area contributed by atoms with Crippen LogP contribution in [0, 0.1) is 26.1 Å². The number of nitrogens with zero attached hydrogens (tertiary/aromatic N) is 2. The average molecular weight is 294 g/mol. The van der Waals surface area contributed by atoms with Gasteiger partial charge >= 0.3 is 0 Å². The molecule has 2 rings (SSSR count). The van der Waals surface area contributed by atoms with E-state index in [4.69, 9.17) is 0 Å². The van der Waals surface area contributed by atoms with Crippen LogP contribution in [0.1, 0.15) is 16.8 Å². The Morgan fingerprint density at radius 2 is 1.90 bits per heavy atom. The van der Waals surface area contributed by atoms with Crippen molar-refractivity contribution in [2.45, 2.75) is 12.5 Å². The zero-order chi connectivity index (χ0) is 15.6. The molecule has 2 atom stereocenters. The Hall–Kier alpha value is -3.04. The second-order valence-electron chi connectivity index (χ2n) is 4.45. The lowest BCUT2D eigenvalue weighted by molar-refractivity contribution is -0.497. The summed E-state index contributed by atoms with van der Waals surface area (Å²) >= 11 is 0. The van der Waals surface area contributed by atoms with Gasteiger partial charge in [0, 0.05) is 29.0 Å². The summed E-state index contributed by atoms with van der Waals surface area (Å²) in [6.45, 7) is 0. The van der Waals surface area contributed by atoms with E-state index in [1.54, 1.807) is 0 Å². The van der Waals surface area contributed by atoms with Crippen molar-refractivity contribution in [2.75, 3.05) is 0 Å². The average Bonchev–Trinajstić information content (AvgIpc) is 3.25. The van der Waals surface area contributed by atoms with Crippen molar-refractivity contribution in [1.82, 2.24) is 10.9 Å². The van der Waals surface area contributed by atoms with Crippen molar-refractivity contribution < 1.29 is 19.4 Å². The number of rotatable bonds is 4. The molecule has 0 saturated heterocycles. The summed E-state index contributed by atoms with van der Waals surface area (Å²) in [5.74, 6) is -2.16. The maximum Gasteiger partial charge on any atom is 0.270 e. The van der Waals surface area contributed by atoms with E-state index in [0.29, 0.717) is 0 Å². The normalized spacial score (nSPS) is 19.4. The summed E-state index contributed by atoms with van der Waals surface area (Å²) in [4.78, 5) is 43.0. The zero-order valence-corrected chi connectivity index (χ0v) is 10.5. The Morgan fingerprint density at radius 1 is 1.19 bits per heavy atom. The largest absolute Gasteiger partial charge is 0.273 e. The second-order valence-corrected chi connectivity index (χ2v) is 4.45. The molecule has 21 heavy (non-hydrogen) atoms. The van der Waals surface area contributed by atoms with Crippen LogP contribution in [0.15, 0.2) is 24.3 Å². The maximum atomic E-state index is 11.7. The van der Waals surface area contributed by atoms with Gasteiger partial charge in [-0.15, -0.1) is 0 Å². The third kappa shape index (κ3) is 3.29. The molecule has 0 bridgehead atoms. The molecule has 1 saturated carbocycles. The quantitative estimate of drug-likeness (QED) is 0.591. The summed E-state index contributed by atoms with van der Waals surface area (Å²) in [5, 5.41) is 21.0. The summed E-state index contributed by atoms with van der Waals surface area (Å²) in [5.41, 5.74) is 3.86. The predicted molar refractivity (Wildman–Crippen MR) is 67.6 cm³/mol. The molecule has 1 aliphatic carbocycles. The van der Waals surface area contributed by atoms with Crippen LogP contribution in [0.5, 0.6) is 0 Å². The molecule has 110 valence electrons. The fourth-order valence-electron chi connectivity index (χ4n) is 1.74. The molecule has 2 unspecified atom stereocenters. The Morgan fingerprint density at radius 3 is 2.48 bits per heavy atom. The molecular formula is C11H10N4O6. The highest BCUT2D eigenvalue weighted by Gasteiger charge is 2.53. The summed E-state index contributed by atoms with van der Waals surface area (Å²) in [7, 11) is 0. The molecule has 1 fully saturated rings. The molecule has 0 aromatic heterocycles. The third-order valence-electron chi connectivity index (χ3n) is 2.98. The van der Waals surface area contributed by atoms with Crippen LogP contribution >= 0.6 is 0 Å². The van der Waals surface area contributed by atoms with Gasteiger partial charge in [-0.25, -0.2) is 0 Å². The number of nitrogens with one attached hydrogen (secondary N) is 2. The summed E-state index contributed by atoms with van der Waals surface area (Å²) < 4.78 is 0. The number of carbonyl (C=O) groups excluding carboxylic acids is 2. The lowest BCUT2D eigenvalue weighted by atomic mass is 10.2. The highest BCUT2D eigenvalue weighted by Crippen LogP contribution is 2.32. The van der Waals surface area contributed by atoms with Crippen LogP contribution in [-0.4, -0.2) is 27.7 Å². The van der Waals surface area contributed by atoms with Gasteiger partial charge in [-0.2, -0.15) is 0 Å². The molecule has 0 radical (unpaired) electrons. The van der Waals surface area contributed by atoms with E-state index < -0.39 is 33.6 Å². The van der Waals surface area contributed by atoms with Crippen molar-refractivity contribution in [3.05, 3.63) is 50.1 Å². The molecule has 2 amide bonds. The van der Waals surface area contributed by atoms with E-state index in [1.165, 1.54) is 18.2 Å². The highest BCUT2D eigenvalue weighted by molar-refractivity contribution is 5.96. The molecule has 1 aromatic rings. The number of amides is 2. The lowest BCUT2D eigenvalue weighted by Crippen LogP contribution is -2.43. The molecule has 2 N–H and O–H groups in total. The molecule has 0 heterocycles. The van der Waals surface area contributed by atoms with E-state index in [9.17, 15) is 29.8 Å². The van der Waals surface area contributed by atoms with E-state index in [2.05, 4.69) is 10.9 Å². The number of hydrogen-bond acceptors (Lipinski definition) is 6. The van der Waals surface area contributed by atoms with Crippen molar-refractivity contribution in [1.29, 1.82) is 0 Å². The van der Waals surface area contributed by atoms with E-state index in [-0.39, 0.29) is 17.7 Å². The number of hydrazine groups is 1. The van der Waals surface area contributed by atoms with Crippen molar-refractivity contribution in [3.63, 3.8) is 0 Å². The van der Waals surface area contributed by atoms with Crippen molar-refractivity contribution in [3.8, 4) is 0 Å². The first-order valence-electron chi connectivity index (χ1n) is 5.88. The predicted octanol–water partition coefficient (Wildman–Crippen LogP) is 0.0210. The van der Waals surface area contributed by atoms with Crippen molar-refractivity contribution in [2.24, 2.45) is 5.92 Å². The van der Waals surface area contributed by atoms with E-state index in [1.807, 2.05) is 0 Å². The molecule has 10 nitrogen and oxygen atoms in total. The van der Waals surface area contributed by atoms with Gasteiger partial charge in [0.1, 0.15) is 5.92 Å². The van der Waals surface area contributed by atoms with E-state index >= 15 is 0 Å². The molecule has 0 spiro atoms. The third-order valence-corrected chi connectivity index (χ3v) is 2.98. The zero-order valence-electron chi connectivity index (χ0n) is 10.5. The Bertz CT molecular complexity index is 631. The number of hydrogen-bond donors (Lipinski definition) is 2. The van der Waals surface area contributed by atoms with Gasteiger partial charge in [0.2, 0.25) is 11.9 Å². The van der Waals surface area contributed by atoms with Gasteiger partial charge in [-0.05, 0) is 6.07 Å². The summed E-state index contributed by atoms with van der Waals surface area (Å²) in [6.07, 6.45) is 0.130. The number of nitro benzene ring substituents is 1. The maximum absolute atomic E-state index is 11.7. The van der Waals surface area contributed by atoms with Crippen LogP contribution in [0.25, 0.3) is 0 Å². The number of nitro groups is 2. The Balaban J connectivity index is 1.90. The minimum atomic E-state index is -0.917. The molecular weight excluding hydrogens is 284 g/mol. The van der Waals surface area contributed by atoms with Crippen molar-refractivity contribution >= 4 is 17.5 Å². The van der Waals surface area contributed by atoms with Gasteiger partial charge in [0.25, 0.3) is 11.6 Å². The lowest BCUT2D eigenvalue weighted by Gasteiger charge is -2.06. The Labute approximate surface area is 117 Å². The minimum Gasteiger partial charge on any atom is -0.273 e. The number of non-ortho nitro benzene ring substituents is 1. The van der Waals surface area contributed by atoms with Crippen LogP contribution < -0.4 is 10.9 Å². The molecule has 1 aromatic carbocycles. The smallest absolute Gasteiger partial charge is 0.270 e. The monoisotopic (exact) mass is 294 g/mol. The second kappa shape index (κ2) is 5.53. The number of benzene rings is 1. The van der Waals surface area contributed by atoms with Gasteiger partial charge < -0.3 is 0 Å². The molecule has 10 heteroatoms. The van der Waals surface area contributed by atoms with Gasteiger partial charge in [0.05, 0.1) is 4.92 Å². The molecule has 0 aliphatic heterocycles. The minimum absolute atomic E-state index is 0.00822. The fourth-order valence-corrected chi connectivity index (χ4v) is 1.74. The van der Waals surface area contributed by atoms with E-state index in [0.717, 1.165) is 6.07 Å². The van der Waals surface area contributed by atoms with Crippen LogP contribution in [-0.2, 0) is 4.79 Å². The first-order chi connectivity index (χ1) is 9.90. The van der Waals surface area contributed by atoms with Gasteiger partial charge in [-0.3, -0.25) is 40.7 Å².